The van der Waals surface area contributed by atoms with E-state index in [9.17, 15) is 34.5 Å². The maximum Gasteiger partial charge on any atom is 0.307 e. The molecule has 0 aliphatic rings. The highest BCUT2D eigenvalue weighted by Gasteiger charge is 2.67. The van der Waals surface area contributed by atoms with Crippen molar-refractivity contribution in [2.24, 2.45) is 5.41 Å². The summed E-state index contributed by atoms with van der Waals surface area (Å²) in [6.07, 6.45) is -1.64. The molecule has 192 valence electrons. The van der Waals surface area contributed by atoms with E-state index in [0.29, 0.717) is 34.2 Å². The van der Waals surface area contributed by atoms with Gasteiger partial charge in [0.1, 0.15) is 11.5 Å². The molecular formula is C21H32Br4O8. The molecule has 0 bridgehead atoms. The first-order valence-corrected chi connectivity index (χ1v) is 15.1. The van der Waals surface area contributed by atoms with Gasteiger partial charge in [-0.15, -0.1) is 0 Å². The van der Waals surface area contributed by atoms with E-state index in [1.165, 1.54) is 0 Å². The van der Waals surface area contributed by atoms with Gasteiger partial charge >= 0.3 is 5.97 Å². The maximum absolute atomic E-state index is 13.6. The third-order valence-electron chi connectivity index (χ3n) is 5.29. The van der Waals surface area contributed by atoms with Crippen molar-refractivity contribution in [3.63, 3.8) is 0 Å². The highest BCUT2D eigenvalue weighted by Crippen LogP contribution is 2.43. The van der Waals surface area contributed by atoms with Crippen LogP contribution in [-0.2, 0) is 23.9 Å². The number of esters is 1. The van der Waals surface area contributed by atoms with Crippen molar-refractivity contribution in [3.05, 3.63) is 0 Å². The second-order valence-electron chi connectivity index (χ2n) is 7.51. The van der Waals surface area contributed by atoms with Crippen LogP contribution in [-0.4, -0.2) is 84.9 Å². The number of alkyl halides is 4. The molecule has 0 amide bonds. The Bertz CT molecular complexity index is 620. The molecule has 0 aliphatic carbocycles. The summed E-state index contributed by atoms with van der Waals surface area (Å²) in [4.78, 5) is 52.6. The summed E-state index contributed by atoms with van der Waals surface area (Å²) in [5.41, 5.74) is -5.15. The first-order valence-electron chi connectivity index (χ1n) is 10.6. The number of aliphatic hydroxyl groups excluding tert-OH is 3. The Balaban J connectivity index is 6.88. The van der Waals surface area contributed by atoms with Crippen LogP contribution in [0, 0.1) is 5.41 Å². The number of hydrogen-bond acceptors (Lipinski definition) is 8. The largest absolute Gasteiger partial charge is 0.442 e. The molecular weight excluding hydrogens is 700 g/mol. The van der Waals surface area contributed by atoms with Gasteiger partial charge in [-0.2, -0.15) is 0 Å². The molecule has 0 saturated heterocycles. The van der Waals surface area contributed by atoms with Crippen molar-refractivity contribution in [1.82, 2.24) is 0 Å². The molecule has 1 unspecified atom stereocenters. The lowest BCUT2D eigenvalue weighted by Crippen LogP contribution is -2.70. The van der Waals surface area contributed by atoms with Gasteiger partial charge in [-0.05, 0) is 25.7 Å². The summed E-state index contributed by atoms with van der Waals surface area (Å²) in [6, 6.07) is 0. The standard InChI is InChI=1S/C21H32Br4O8/c22-9-1-5-15(28)19(32)20(13-26,14-27)21(16(29)6-2-10-23,17(30)7-3-11-24)33-18(31)8-4-12-25/h19,26-27,32H,1-14H2. The molecule has 0 aliphatic heterocycles. The number of halogens is 4. The zero-order valence-corrected chi connectivity index (χ0v) is 24.7. The summed E-state index contributed by atoms with van der Waals surface area (Å²) >= 11 is 12.8. The van der Waals surface area contributed by atoms with E-state index < -0.39 is 53.7 Å². The minimum absolute atomic E-state index is 0.132. The lowest BCUT2D eigenvalue weighted by Gasteiger charge is -2.47. The highest BCUT2D eigenvalue weighted by molar-refractivity contribution is 9.09. The van der Waals surface area contributed by atoms with Gasteiger partial charge in [0.05, 0.1) is 13.2 Å². The predicted molar refractivity (Wildman–Crippen MR) is 139 cm³/mol. The van der Waals surface area contributed by atoms with Gasteiger partial charge in [0, 0.05) is 47.0 Å². The van der Waals surface area contributed by atoms with Crippen molar-refractivity contribution in [2.75, 3.05) is 34.5 Å². The summed E-state index contributed by atoms with van der Waals surface area (Å²) in [5.74, 6) is -3.42. The van der Waals surface area contributed by atoms with Crippen molar-refractivity contribution in [1.29, 1.82) is 0 Å². The fourth-order valence-corrected chi connectivity index (χ4v) is 4.61. The molecule has 0 fully saturated rings. The Hall–Kier alpha value is 0.280. The fourth-order valence-electron chi connectivity index (χ4n) is 3.49. The van der Waals surface area contributed by atoms with Crippen molar-refractivity contribution in [3.8, 4) is 0 Å². The number of aliphatic hydroxyl groups is 3. The smallest absolute Gasteiger partial charge is 0.307 e. The molecule has 0 aromatic heterocycles. The molecule has 0 heterocycles. The SMILES string of the molecule is O=C(CCCBr)OC(C(=O)CCCBr)(C(=O)CCCBr)C(CO)(CO)C(O)C(=O)CCCBr. The number of rotatable bonds is 20. The third-order valence-corrected chi connectivity index (χ3v) is 7.54. The summed E-state index contributed by atoms with van der Waals surface area (Å²) in [5, 5.41) is 33.5. The average molecular weight is 732 g/mol. The number of ether oxygens (including phenoxy) is 1. The monoisotopic (exact) mass is 728 g/mol. The van der Waals surface area contributed by atoms with Crippen LogP contribution in [0.1, 0.15) is 51.4 Å². The zero-order valence-electron chi connectivity index (χ0n) is 18.4. The minimum Gasteiger partial charge on any atom is -0.442 e. The Morgan fingerprint density at radius 3 is 1.48 bits per heavy atom. The lowest BCUT2D eigenvalue weighted by atomic mass is 9.62. The second kappa shape index (κ2) is 17.7. The van der Waals surface area contributed by atoms with Crippen LogP contribution in [0.5, 0.6) is 0 Å². The van der Waals surface area contributed by atoms with Gasteiger partial charge in [0.2, 0.25) is 5.60 Å². The quantitative estimate of drug-likeness (QED) is 0.0988. The Labute approximate surface area is 228 Å². The molecule has 0 spiro atoms. The Morgan fingerprint density at radius 2 is 1.09 bits per heavy atom. The third kappa shape index (κ3) is 8.71. The molecule has 33 heavy (non-hydrogen) atoms. The summed E-state index contributed by atoms with van der Waals surface area (Å²) in [6.45, 7) is -2.26. The van der Waals surface area contributed by atoms with Crippen molar-refractivity contribution < 1.29 is 39.2 Å². The molecule has 3 N–H and O–H groups in total. The van der Waals surface area contributed by atoms with Crippen LogP contribution in [0.4, 0.5) is 0 Å². The van der Waals surface area contributed by atoms with Gasteiger partial charge in [-0.1, -0.05) is 63.7 Å². The minimum atomic E-state index is -2.71. The highest BCUT2D eigenvalue weighted by atomic mass is 79.9. The Kier molecular flexibility index (Phi) is 17.8. The molecule has 8 nitrogen and oxygen atoms in total. The number of carbonyl (C=O) groups is 4. The van der Waals surface area contributed by atoms with Crippen LogP contribution < -0.4 is 0 Å². The van der Waals surface area contributed by atoms with Gasteiger partial charge < -0.3 is 20.1 Å². The maximum atomic E-state index is 13.6. The van der Waals surface area contributed by atoms with Gasteiger partial charge in [0.25, 0.3) is 0 Å². The van der Waals surface area contributed by atoms with Crippen LogP contribution in [0.15, 0.2) is 0 Å². The van der Waals surface area contributed by atoms with Gasteiger partial charge in [0.15, 0.2) is 17.3 Å². The molecule has 0 saturated carbocycles. The van der Waals surface area contributed by atoms with Crippen LogP contribution in [0.3, 0.4) is 0 Å². The molecule has 0 radical (unpaired) electrons. The number of Topliss-reactive ketones (excluding diaryl/α,β-unsaturated/α-hetero) is 3. The summed E-state index contributed by atoms with van der Waals surface area (Å²) < 4.78 is 5.55. The number of ketones is 3. The van der Waals surface area contributed by atoms with Gasteiger partial charge in [-0.25, -0.2) is 0 Å². The Morgan fingerprint density at radius 1 is 0.697 bits per heavy atom. The molecule has 0 rings (SSSR count). The van der Waals surface area contributed by atoms with Crippen LogP contribution >= 0.6 is 63.7 Å². The van der Waals surface area contributed by atoms with Crippen LogP contribution in [0.2, 0.25) is 0 Å². The second-order valence-corrected chi connectivity index (χ2v) is 10.7. The first kappa shape index (κ1) is 33.3. The van der Waals surface area contributed by atoms with E-state index in [1.807, 2.05) is 0 Å². The van der Waals surface area contributed by atoms with Crippen molar-refractivity contribution >= 4 is 87.0 Å². The van der Waals surface area contributed by atoms with Crippen molar-refractivity contribution in [2.45, 2.75) is 63.1 Å². The fraction of sp³-hybridized carbons (Fsp3) is 0.810. The topological polar surface area (TPSA) is 138 Å². The number of carbonyl (C=O) groups excluding carboxylic acids is 4. The predicted octanol–water partition coefficient (Wildman–Crippen LogP) is 3.01. The van der Waals surface area contributed by atoms with E-state index in [-0.39, 0.29) is 38.5 Å². The molecule has 12 heteroatoms. The van der Waals surface area contributed by atoms with Gasteiger partial charge in [-0.3, -0.25) is 19.2 Å². The van der Waals surface area contributed by atoms with E-state index >= 15 is 0 Å². The summed E-state index contributed by atoms with van der Waals surface area (Å²) in [7, 11) is 0. The molecule has 1 atom stereocenters. The molecule has 0 aromatic carbocycles. The van der Waals surface area contributed by atoms with E-state index in [2.05, 4.69) is 63.7 Å². The number of hydrogen-bond donors (Lipinski definition) is 3. The zero-order chi connectivity index (χ0) is 25.5. The first-order chi connectivity index (χ1) is 15.7. The van der Waals surface area contributed by atoms with E-state index in [4.69, 9.17) is 4.74 Å². The normalized spacial score (nSPS) is 12.9. The van der Waals surface area contributed by atoms with Crippen LogP contribution in [0.25, 0.3) is 0 Å². The lowest BCUT2D eigenvalue weighted by molar-refractivity contribution is -0.212. The average Bonchev–Trinajstić information content (AvgIpc) is 2.82. The molecule has 0 aromatic rings. The van der Waals surface area contributed by atoms with E-state index in [1.54, 1.807) is 0 Å². The van der Waals surface area contributed by atoms with E-state index in [0.717, 1.165) is 0 Å².